The minimum atomic E-state index is -0.733. The maximum atomic E-state index is 12.0. The molecule has 0 aromatic carbocycles. The Balaban J connectivity index is 2.70. The molecule has 2 atom stereocenters. The molecule has 1 amide bonds. The number of hydrogen-bond acceptors (Lipinski definition) is 4. The Morgan fingerprint density at radius 3 is 2.83 bits per heavy atom. The van der Waals surface area contributed by atoms with Crippen molar-refractivity contribution >= 4 is 5.91 Å². The first-order valence-corrected chi connectivity index (χ1v) is 6.09. The summed E-state index contributed by atoms with van der Waals surface area (Å²) in [7, 11) is 1.77. The van der Waals surface area contributed by atoms with Crippen molar-refractivity contribution in [3.05, 3.63) is 18.0 Å². The first-order chi connectivity index (χ1) is 8.41. The minimum Gasteiger partial charge on any atom is -0.396 e. The number of carbonyl (C=O) groups excluding carboxylic acids is 1. The van der Waals surface area contributed by atoms with Crippen LogP contribution in [0.25, 0.3) is 0 Å². The van der Waals surface area contributed by atoms with E-state index in [-0.39, 0.29) is 12.5 Å². The maximum Gasteiger partial charge on any atom is 0.242 e. The summed E-state index contributed by atoms with van der Waals surface area (Å²) in [6, 6.07) is -0.733. The number of aryl methyl sites for hydroxylation is 1. The molecule has 0 saturated heterocycles. The van der Waals surface area contributed by atoms with Crippen molar-refractivity contribution in [1.82, 2.24) is 15.1 Å². The first-order valence-electron chi connectivity index (χ1n) is 6.09. The van der Waals surface area contributed by atoms with Crippen LogP contribution < -0.4 is 11.1 Å². The zero-order chi connectivity index (χ0) is 13.8. The van der Waals surface area contributed by atoms with Gasteiger partial charge >= 0.3 is 0 Å². The van der Waals surface area contributed by atoms with Crippen molar-refractivity contribution in [3.8, 4) is 0 Å². The van der Waals surface area contributed by atoms with Gasteiger partial charge in [-0.05, 0) is 19.8 Å². The van der Waals surface area contributed by atoms with E-state index >= 15 is 0 Å². The van der Waals surface area contributed by atoms with Crippen LogP contribution in [-0.2, 0) is 11.8 Å². The highest BCUT2D eigenvalue weighted by Crippen LogP contribution is 2.16. The Bertz CT molecular complexity index is 405. The van der Waals surface area contributed by atoms with Crippen LogP contribution in [0, 0.1) is 0 Å². The lowest BCUT2D eigenvalue weighted by Gasteiger charge is -2.30. The standard InChI is InChI=1S/C12H22N4O2/c1-4-12(2,5-6-17)15-11(18)10(13)9-7-14-16(3)8-9/h7-8,10,17H,4-6,13H2,1-3H3,(H,15,18). The van der Waals surface area contributed by atoms with Gasteiger partial charge in [0.1, 0.15) is 6.04 Å². The summed E-state index contributed by atoms with van der Waals surface area (Å²) in [5.41, 5.74) is 6.14. The Morgan fingerprint density at radius 1 is 1.72 bits per heavy atom. The van der Waals surface area contributed by atoms with Gasteiger partial charge in [-0.3, -0.25) is 9.48 Å². The lowest BCUT2D eigenvalue weighted by Crippen LogP contribution is -2.49. The van der Waals surface area contributed by atoms with E-state index in [1.54, 1.807) is 24.1 Å². The Labute approximate surface area is 107 Å². The lowest BCUT2D eigenvalue weighted by molar-refractivity contribution is -0.124. The van der Waals surface area contributed by atoms with Gasteiger partial charge in [0.25, 0.3) is 0 Å². The zero-order valence-corrected chi connectivity index (χ0v) is 11.2. The van der Waals surface area contributed by atoms with Gasteiger partial charge in [-0.2, -0.15) is 5.10 Å². The summed E-state index contributed by atoms with van der Waals surface area (Å²) in [5.74, 6) is -0.249. The summed E-state index contributed by atoms with van der Waals surface area (Å²) in [4.78, 5) is 12.0. The smallest absolute Gasteiger partial charge is 0.242 e. The number of carbonyl (C=O) groups is 1. The number of nitrogens with two attached hydrogens (primary N) is 1. The van der Waals surface area contributed by atoms with E-state index in [0.29, 0.717) is 12.0 Å². The van der Waals surface area contributed by atoms with Crippen LogP contribution in [-0.4, -0.2) is 32.9 Å². The molecule has 1 aromatic heterocycles. The second-order valence-electron chi connectivity index (χ2n) is 4.80. The summed E-state index contributed by atoms with van der Waals surface area (Å²) in [6.07, 6.45) is 4.55. The summed E-state index contributed by atoms with van der Waals surface area (Å²) >= 11 is 0. The van der Waals surface area contributed by atoms with Gasteiger partial charge in [0.05, 0.1) is 6.20 Å². The molecule has 0 aliphatic carbocycles. The summed E-state index contributed by atoms with van der Waals surface area (Å²) < 4.78 is 1.61. The molecule has 0 fully saturated rings. The molecule has 6 nitrogen and oxygen atoms in total. The van der Waals surface area contributed by atoms with Crippen molar-refractivity contribution in [3.63, 3.8) is 0 Å². The topological polar surface area (TPSA) is 93.2 Å². The monoisotopic (exact) mass is 254 g/mol. The number of amides is 1. The average Bonchev–Trinajstić information content (AvgIpc) is 2.75. The van der Waals surface area contributed by atoms with Gasteiger partial charge in [0, 0.05) is 31.0 Å². The van der Waals surface area contributed by atoms with E-state index in [1.165, 1.54) is 0 Å². The van der Waals surface area contributed by atoms with Crippen molar-refractivity contribution < 1.29 is 9.90 Å². The third kappa shape index (κ3) is 3.54. The zero-order valence-electron chi connectivity index (χ0n) is 11.2. The van der Waals surface area contributed by atoms with Gasteiger partial charge in [-0.1, -0.05) is 6.92 Å². The molecule has 0 saturated carbocycles. The van der Waals surface area contributed by atoms with Crippen LogP contribution in [0.1, 0.15) is 38.3 Å². The number of aliphatic hydroxyl groups is 1. The molecule has 6 heteroatoms. The van der Waals surface area contributed by atoms with Crippen molar-refractivity contribution in [1.29, 1.82) is 0 Å². The van der Waals surface area contributed by atoms with Crippen LogP contribution >= 0.6 is 0 Å². The van der Waals surface area contributed by atoms with E-state index in [2.05, 4.69) is 10.4 Å². The van der Waals surface area contributed by atoms with Gasteiger partial charge in [-0.25, -0.2) is 0 Å². The largest absolute Gasteiger partial charge is 0.396 e. The third-order valence-electron chi connectivity index (χ3n) is 3.24. The number of hydrogen-bond donors (Lipinski definition) is 3. The number of rotatable bonds is 6. The van der Waals surface area contributed by atoms with E-state index in [9.17, 15) is 4.79 Å². The van der Waals surface area contributed by atoms with E-state index in [1.807, 2.05) is 13.8 Å². The number of aliphatic hydroxyl groups excluding tert-OH is 1. The minimum absolute atomic E-state index is 0.0345. The van der Waals surface area contributed by atoms with Crippen LogP contribution in [0.15, 0.2) is 12.4 Å². The quantitative estimate of drug-likeness (QED) is 0.670. The molecular weight excluding hydrogens is 232 g/mol. The van der Waals surface area contributed by atoms with Crippen LogP contribution in [0.3, 0.4) is 0 Å². The normalized spacial score (nSPS) is 16.1. The van der Waals surface area contributed by atoms with Crippen molar-refractivity contribution in [2.24, 2.45) is 12.8 Å². The molecule has 0 aliphatic heterocycles. The van der Waals surface area contributed by atoms with Crippen LogP contribution in [0.5, 0.6) is 0 Å². The van der Waals surface area contributed by atoms with Crippen molar-refractivity contribution in [2.45, 2.75) is 38.3 Å². The Kier molecular flexibility index (Phi) is 4.86. The average molecular weight is 254 g/mol. The van der Waals surface area contributed by atoms with E-state index < -0.39 is 11.6 Å². The number of nitrogens with zero attached hydrogens (tertiary/aromatic N) is 2. The molecule has 0 radical (unpaired) electrons. The fraction of sp³-hybridized carbons (Fsp3) is 0.667. The van der Waals surface area contributed by atoms with E-state index in [4.69, 9.17) is 10.8 Å². The molecule has 0 bridgehead atoms. The molecule has 1 heterocycles. The summed E-state index contributed by atoms with van der Waals surface area (Å²) in [6.45, 7) is 3.90. The highest BCUT2D eigenvalue weighted by atomic mass is 16.3. The molecule has 0 spiro atoms. The Hall–Kier alpha value is -1.40. The van der Waals surface area contributed by atoms with Gasteiger partial charge in [0.2, 0.25) is 5.91 Å². The summed E-state index contributed by atoms with van der Waals surface area (Å²) in [5, 5.41) is 15.9. The molecule has 0 aliphatic rings. The predicted octanol–water partition coefficient (Wildman–Crippen LogP) is 0.0872. The number of nitrogens with one attached hydrogen (secondary N) is 1. The van der Waals surface area contributed by atoms with Crippen LogP contribution in [0.2, 0.25) is 0 Å². The fourth-order valence-electron chi connectivity index (χ4n) is 1.70. The Morgan fingerprint density at radius 2 is 2.39 bits per heavy atom. The first kappa shape index (κ1) is 14.7. The van der Waals surface area contributed by atoms with Crippen molar-refractivity contribution in [2.75, 3.05) is 6.61 Å². The SMILES string of the molecule is CCC(C)(CCO)NC(=O)C(N)c1cnn(C)c1. The predicted molar refractivity (Wildman–Crippen MR) is 68.7 cm³/mol. The van der Waals surface area contributed by atoms with E-state index in [0.717, 1.165) is 6.42 Å². The molecule has 1 aromatic rings. The molecule has 4 N–H and O–H groups in total. The molecular formula is C12H22N4O2. The van der Waals surface area contributed by atoms with Gasteiger partial charge in [0.15, 0.2) is 0 Å². The number of aromatic nitrogens is 2. The second kappa shape index (κ2) is 5.97. The highest BCUT2D eigenvalue weighted by molar-refractivity contribution is 5.83. The van der Waals surface area contributed by atoms with Gasteiger partial charge < -0.3 is 16.2 Å². The molecule has 18 heavy (non-hydrogen) atoms. The molecule has 2 unspecified atom stereocenters. The maximum absolute atomic E-state index is 12.0. The molecule has 102 valence electrons. The third-order valence-corrected chi connectivity index (χ3v) is 3.24. The fourth-order valence-corrected chi connectivity index (χ4v) is 1.70. The highest BCUT2D eigenvalue weighted by Gasteiger charge is 2.27. The van der Waals surface area contributed by atoms with Gasteiger partial charge in [-0.15, -0.1) is 0 Å². The molecule has 1 rings (SSSR count). The lowest BCUT2D eigenvalue weighted by atomic mass is 9.94. The second-order valence-corrected chi connectivity index (χ2v) is 4.80. The van der Waals surface area contributed by atoms with Crippen LogP contribution in [0.4, 0.5) is 0 Å².